The van der Waals surface area contributed by atoms with E-state index in [1.165, 1.54) is 11.3 Å². The molecule has 0 aliphatic carbocycles. The molecule has 0 radical (unpaired) electrons. The molecule has 0 bridgehead atoms. The van der Waals surface area contributed by atoms with Gasteiger partial charge in [-0.3, -0.25) is 0 Å². The third-order valence-electron chi connectivity index (χ3n) is 2.81. The van der Waals surface area contributed by atoms with Gasteiger partial charge in [0.05, 0.1) is 0 Å². The first kappa shape index (κ1) is 15.2. The summed E-state index contributed by atoms with van der Waals surface area (Å²) < 4.78 is 27.1. The molecule has 0 aliphatic rings. The number of hydrogen-bond acceptors (Lipinski definition) is 4. The Morgan fingerprint density at radius 2 is 1.80 bits per heavy atom. The molecule has 2 N–H and O–H groups in total. The normalized spacial score (nSPS) is 11.7. The molecular formula is C14H17NO3S2. The van der Waals surface area contributed by atoms with E-state index in [4.69, 9.17) is 5.11 Å². The van der Waals surface area contributed by atoms with Crippen molar-refractivity contribution in [2.24, 2.45) is 0 Å². The Kier molecular flexibility index (Phi) is 5.31. The Morgan fingerprint density at radius 3 is 2.50 bits per heavy atom. The van der Waals surface area contributed by atoms with E-state index < -0.39 is 10.0 Å². The molecule has 0 aliphatic heterocycles. The average Bonchev–Trinajstić information content (AvgIpc) is 2.90. The predicted molar refractivity (Wildman–Crippen MR) is 80.4 cm³/mol. The molecule has 0 fully saturated rings. The minimum Gasteiger partial charge on any atom is -0.396 e. The van der Waals surface area contributed by atoms with Crippen molar-refractivity contribution in [3.63, 3.8) is 0 Å². The summed E-state index contributed by atoms with van der Waals surface area (Å²) in [5, 5.41) is 8.84. The zero-order valence-corrected chi connectivity index (χ0v) is 12.6. The largest absolute Gasteiger partial charge is 0.396 e. The maximum Gasteiger partial charge on any atom is 0.250 e. The molecular weight excluding hydrogens is 294 g/mol. The number of sulfonamides is 1. The summed E-state index contributed by atoms with van der Waals surface area (Å²) in [6.07, 6.45) is 1.15. The first-order valence-electron chi connectivity index (χ1n) is 6.35. The van der Waals surface area contributed by atoms with Gasteiger partial charge < -0.3 is 5.11 Å². The third-order valence-corrected chi connectivity index (χ3v) is 5.91. The van der Waals surface area contributed by atoms with Crippen LogP contribution in [-0.4, -0.2) is 26.7 Å². The minimum atomic E-state index is -3.44. The third kappa shape index (κ3) is 4.14. The van der Waals surface area contributed by atoms with Crippen LogP contribution in [0.1, 0.15) is 10.4 Å². The molecule has 20 heavy (non-hydrogen) atoms. The zero-order chi connectivity index (χ0) is 14.4. The second-order valence-electron chi connectivity index (χ2n) is 4.33. The highest BCUT2D eigenvalue weighted by atomic mass is 32.2. The van der Waals surface area contributed by atoms with Gasteiger partial charge in [-0.2, -0.15) is 0 Å². The number of hydrogen-bond donors (Lipinski definition) is 2. The van der Waals surface area contributed by atoms with Gasteiger partial charge in [0.1, 0.15) is 4.21 Å². The number of aliphatic hydroxyl groups is 1. The Hall–Kier alpha value is -1.21. The van der Waals surface area contributed by atoms with Crippen LogP contribution < -0.4 is 4.72 Å². The van der Waals surface area contributed by atoms with Crippen molar-refractivity contribution in [1.29, 1.82) is 0 Å². The molecule has 1 aromatic heterocycles. The summed E-state index contributed by atoms with van der Waals surface area (Å²) in [6.45, 7) is 0.404. The van der Waals surface area contributed by atoms with Gasteiger partial charge in [0, 0.05) is 24.4 Å². The molecule has 0 unspecified atom stereocenters. The standard InChI is InChI=1S/C14H17NO3S2/c16-11-9-13-6-7-14(19-13)20(17,18)15-10-8-12-4-2-1-3-5-12/h1-7,15-16H,8-11H2. The fraction of sp³-hybridized carbons (Fsp3) is 0.286. The quantitative estimate of drug-likeness (QED) is 0.819. The second-order valence-corrected chi connectivity index (χ2v) is 7.49. The van der Waals surface area contributed by atoms with Crippen LogP contribution in [0.5, 0.6) is 0 Å². The highest BCUT2D eigenvalue weighted by Gasteiger charge is 2.15. The van der Waals surface area contributed by atoms with Crippen molar-refractivity contribution in [1.82, 2.24) is 4.72 Å². The smallest absolute Gasteiger partial charge is 0.250 e. The van der Waals surface area contributed by atoms with Crippen molar-refractivity contribution in [3.05, 3.63) is 52.9 Å². The molecule has 0 spiro atoms. The highest BCUT2D eigenvalue weighted by molar-refractivity contribution is 7.91. The van der Waals surface area contributed by atoms with E-state index in [1.807, 2.05) is 30.3 Å². The summed E-state index contributed by atoms with van der Waals surface area (Å²) in [7, 11) is -3.44. The van der Waals surface area contributed by atoms with Gasteiger partial charge in [0.15, 0.2) is 0 Å². The highest BCUT2D eigenvalue weighted by Crippen LogP contribution is 2.21. The van der Waals surface area contributed by atoms with E-state index in [-0.39, 0.29) is 6.61 Å². The van der Waals surface area contributed by atoms with Crippen molar-refractivity contribution < 1.29 is 13.5 Å². The topological polar surface area (TPSA) is 66.4 Å². The lowest BCUT2D eigenvalue weighted by atomic mass is 10.2. The number of thiophene rings is 1. The van der Waals surface area contributed by atoms with Gasteiger partial charge in [-0.05, 0) is 24.1 Å². The molecule has 0 saturated carbocycles. The van der Waals surface area contributed by atoms with E-state index in [2.05, 4.69) is 4.72 Å². The molecule has 2 aromatic rings. The number of rotatable bonds is 7. The van der Waals surface area contributed by atoms with Crippen molar-refractivity contribution in [2.75, 3.05) is 13.2 Å². The van der Waals surface area contributed by atoms with E-state index >= 15 is 0 Å². The lowest BCUT2D eigenvalue weighted by molar-refractivity contribution is 0.300. The number of benzene rings is 1. The summed E-state index contributed by atoms with van der Waals surface area (Å²) in [5.74, 6) is 0. The molecule has 0 saturated heterocycles. The Balaban J connectivity index is 1.93. The fourth-order valence-electron chi connectivity index (χ4n) is 1.79. The predicted octanol–water partition coefficient (Wildman–Crippen LogP) is 1.80. The maximum atomic E-state index is 12.1. The minimum absolute atomic E-state index is 0.0292. The SMILES string of the molecule is O=S(=O)(NCCc1ccccc1)c1ccc(CCO)s1. The van der Waals surface area contributed by atoms with Crippen LogP contribution in [0.4, 0.5) is 0 Å². The molecule has 108 valence electrons. The van der Waals surface area contributed by atoms with Crippen molar-refractivity contribution >= 4 is 21.4 Å². The van der Waals surface area contributed by atoms with Gasteiger partial charge in [-0.25, -0.2) is 13.1 Å². The van der Waals surface area contributed by atoms with Crippen LogP contribution in [0.25, 0.3) is 0 Å². The summed E-state index contributed by atoms with van der Waals surface area (Å²) >= 11 is 1.20. The first-order chi connectivity index (χ1) is 9.62. The number of aliphatic hydroxyl groups excluding tert-OH is 1. The monoisotopic (exact) mass is 311 g/mol. The maximum absolute atomic E-state index is 12.1. The molecule has 0 amide bonds. The summed E-state index contributed by atoms with van der Waals surface area (Å²) in [4.78, 5) is 0.871. The van der Waals surface area contributed by atoms with E-state index in [9.17, 15) is 8.42 Å². The van der Waals surface area contributed by atoms with Crippen LogP contribution in [0.15, 0.2) is 46.7 Å². The molecule has 6 heteroatoms. The van der Waals surface area contributed by atoms with Crippen molar-refractivity contribution in [3.8, 4) is 0 Å². The van der Waals surface area contributed by atoms with Crippen LogP contribution in [0.2, 0.25) is 0 Å². The Labute approximate surface area is 123 Å². The van der Waals surface area contributed by atoms with Gasteiger partial charge in [0.2, 0.25) is 10.0 Å². The zero-order valence-electron chi connectivity index (χ0n) is 11.0. The van der Waals surface area contributed by atoms with Crippen LogP contribution in [0.3, 0.4) is 0 Å². The Morgan fingerprint density at radius 1 is 1.05 bits per heavy atom. The lowest BCUT2D eigenvalue weighted by Gasteiger charge is -2.04. The number of nitrogens with one attached hydrogen (secondary N) is 1. The fourth-order valence-corrected chi connectivity index (χ4v) is 4.21. The second kappa shape index (κ2) is 6.99. The Bertz CT molecular complexity index is 635. The van der Waals surface area contributed by atoms with Gasteiger partial charge in [-0.15, -0.1) is 11.3 Å². The van der Waals surface area contributed by atoms with Gasteiger partial charge in [-0.1, -0.05) is 30.3 Å². The van der Waals surface area contributed by atoms with Gasteiger partial charge >= 0.3 is 0 Å². The van der Waals surface area contributed by atoms with E-state index in [0.717, 1.165) is 10.4 Å². The van der Waals surface area contributed by atoms with Crippen LogP contribution in [-0.2, 0) is 22.9 Å². The van der Waals surface area contributed by atoms with E-state index in [1.54, 1.807) is 12.1 Å². The van der Waals surface area contributed by atoms with Gasteiger partial charge in [0.25, 0.3) is 0 Å². The summed E-state index contributed by atoms with van der Waals surface area (Å²) in [6, 6.07) is 13.1. The van der Waals surface area contributed by atoms with E-state index in [0.29, 0.717) is 23.6 Å². The average molecular weight is 311 g/mol. The first-order valence-corrected chi connectivity index (χ1v) is 8.65. The lowest BCUT2D eigenvalue weighted by Crippen LogP contribution is -2.25. The van der Waals surface area contributed by atoms with Crippen molar-refractivity contribution in [2.45, 2.75) is 17.1 Å². The molecule has 4 nitrogen and oxygen atoms in total. The molecule has 1 aromatic carbocycles. The molecule has 1 heterocycles. The van der Waals surface area contributed by atoms with Crippen LogP contribution >= 0.6 is 11.3 Å². The van der Waals surface area contributed by atoms with Crippen LogP contribution in [0, 0.1) is 0 Å². The molecule has 0 atom stereocenters. The summed E-state index contributed by atoms with van der Waals surface area (Å²) in [5.41, 5.74) is 1.10. The molecule has 2 rings (SSSR count).